The van der Waals surface area contributed by atoms with Crippen molar-refractivity contribution >= 4 is 5.82 Å². The van der Waals surface area contributed by atoms with Gasteiger partial charge in [-0.05, 0) is 18.6 Å². The van der Waals surface area contributed by atoms with Crippen LogP contribution in [-0.4, -0.2) is 42.7 Å². The first-order chi connectivity index (χ1) is 8.33. The van der Waals surface area contributed by atoms with Crippen LogP contribution in [0.4, 0.5) is 5.82 Å². The maximum absolute atomic E-state index is 5.51. The summed E-state index contributed by atoms with van der Waals surface area (Å²) in [4.78, 5) is 7.02. The van der Waals surface area contributed by atoms with Crippen molar-refractivity contribution in [3.05, 3.63) is 23.9 Å². The van der Waals surface area contributed by atoms with E-state index in [2.05, 4.69) is 34.3 Å². The average molecular weight is 235 g/mol. The molecule has 0 bridgehead atoms. The van der Waals surface area contributed by atoms with E-state index in [0.717, 1.165) is 44.2 Å². The molecular weight excluding hydrogens is 214 g/mol. The zero-order chi connectivity index (χ0) is 12.1. The van der Waals surface area contributed by atoms with Crippen molar-refractivity contribution in [2.75, 3.05) is 32.1 Å². The monoisotopic (exact) mass is 235 g/mol. The fraction of sp³-hybridized carbons (Fsp3) is 0.615. The molecule has 4 heteroatoms. The first-order valence-corrected chi connectivity index (χ1v) is 6.29. The van der Waals surface area contributed by atoms with Crippen molar-refractivity contribution in [1.29, 1.82) is 0 Å². The van der Waals surface area contributed by atoms with Crippen LogP contribution in [0.1, 0.15) is 19.0 Å². The highest BCUT2D eigenvalue weighted by Crippen LogP contribution is 2.14. The lowest BCUT2D eigenvalue weighted by atomic mass is 10.1. The van der Waals surface area contributed by atoms with Crippen molar-refractivity contribution in [2.45, 2.75) is 25.9 Å². The summed E-state index contributed by atoms with van der Waals surface area (Å²) in [6.45, 7) is 5.82. The molecule has 1 unspecified atom stereocenters. The smallest absolute Gasteiger partial charge is 0.126 e. The molecule has 1 aromatic heterocycles. The van der Waals surface area contributed by atoms with E-state index in [0.29, 0.717) is 6.04 Å². The number of aromatic nitrogens is 1. The molecule has 1 atom stereocenters. The van der Waals surface area contributed by atoms with E-state index in [9.17, 15) is 0 Å². The second-order valence-corrected chi connectivity index (χ2v) is 4.37. The van der Waals surface area contributed by atoms with Crippen LogP contribution in [-0.2, 0) is 11.3 Å². The molecule has 0 spiro atoms. The highest BCUT2D eigenvalue weighted by atomic mass is 16.5. The fourth-order valence-electron chi connectivity index (χ4n) is 2.19. The Labute approximate surface area is 103 Å². The Hall–Kier alpha value is -1.13. The Morgan fingerprint density at radius 2 is 2.41 bits per heavy atom. The Morgan fingerprint density at radius 1 is 1.53 bits per heavy atom. The fourth-order valence-corrected chi connectivity index (χ4v) is 2.19. The van der Waals surface area contributed by atoms with E-state index in [1.807, 2.05) is 13.1 Å². The molecule has 2 rings (SSSR count). The number of pyridine rings is 1. The van der Waals surface area contributed by atoms with Crippen molar-refractivity contribution in [3.63, 3.8) is 0 Å². The van der Waals surface area contributed by atoms with Gasteiger partial charge in [0.25, 0.3) is 0 Å². The highest BCUT2D eigenvalue weighted by molar-refractivity contribution is 5.34. The predicted molar refractivity (Wildman–Crippen MR) is 69.1 cm³/mol. The van der Waals surface area contributed by atoms with Crippen molar-refractivity contribution in [2.24, 2.45) is 0 Å². The molecule has 17 heavy (non-hydrogen) atoms. The molecule has 0 aliphatic carbocycles. The molecule has 1 aliphatic rings. The minimum absolute atomic E-state index is 0.531. The van der Waals surface area contributed by atoms with Gasteiger partial charge in [-0.2, -0.15) is 0 Å². The summed E-state index contributed by atoms with van der Waals surface area (Å²) in [7, 11) is 1.90. The zero-order valence-electron chi connectivity index (χ0n) is 10.6. The maximum Gasteiger partial charge on any atom is 0.126 e. The van der Waals surface area contributed by atoms with Crippen LogP contribution in [0, 0.1) is 0 Å². The van der Waals surface area contributed by atoms with Gasteiger partial charge in [0.05, 0.1) is 18.9 Å². The Kier molecular flexibility index (Phi) is 4.34. The average Bonchev–Trinajstić information content (AvgIpc) is 2.39. The van der Waals surface area contributed by atoms with Gasteiger partial charge in [0, 0.05) is 26.2 Å². The standard InChI is InChI=1S/C13H21N3O/c1-3-12-10-17-8-7-16(12)9-11-5-4-6-13(14-2)15-11/h4-6,12H,3,7-10H2,1-2H3,(H,14,15). The summed E-state index contributed by atoms with van der Waals surface area (Å²) in [5, 5.41) is 3.08. The number of rotatable bonds is 4. The number of ether oxygens (including phenoxy) is 1. The molecule has 1 saturated heterocycles. The van der Waals surface area contributed by atoms with E-state index in [1.165, 1.54) is 0 Å². The first-order valence-electron chi connectivity index (χ1n) is 6.29. The second kappa shape index (κ2) is 5.98. The third kappa shape index (κ3) is 3.17. The lowest BCUT2D eigenvalue weighted by Crippen LogP contribution is -2.44. The molecule has 4 nitrogen and oxygen atoms in total. The normalized spacial score (nSPS) is 21.4. The van der Waals surface area contributed by atoms with E-state index >= 15 is 0 Å². The van der Waals surface area contributed by atoms with Crippen molar-refractivity contribution in [3.8, 4) is 0 Å². The molecule has 2 heterocycles. The summed E-state index contributed by atoms with van der Waals surface area (Å²) in [5.41, 5.74) is 1.12. The van der Waals surface area contributed by atoms with Gasteiger partial charge in [0.15, 0.2) is 0 Å². The Bertz CT molecular complexity index is 356. The van der Waals surface area contributed by atoms with Crippen molar-refractivity contribution < 1.29 is 4.74 Å². The predicted octanol–water partition coefficient (Wildman–Crippen LogP) is 1.73. The lowest BCUT2D eigenvalue weighted by Gasteiger charge is -2.34. The molecule has 0 aromatic carbocycles. The van der Waals surface area contributed by atoms with Crippen LogP contribution < -0.4 is 5.32 Å². The van der Waals surface area contributed by atoms with Gasteiger partial charge in [0.2, 0.25) is 0 Å². The minimum atomic E-state index is 0.531. The van der Waals surface area contributed by atoms with Gasteiger partial charge in [-0.1, -0.05) is 13.0 Å². The van der Waals surface area contributed by atoms with Crippen LogP contribution in [0.5, 0.6) is 0 Å². The Balaban J connectivity index is 2.02. The number of hydrogen-bond donors (Lipinski definition) is 1. The number of anilines is 1. The number of nitrogens with zero attached hydrogens (tertiary/aromatic N) is 2. The molecule has 1 N–H and O–H groups in total. The van der Waals surface area contributed by atoms with E-state index in [-0.39, 0.29) is 0 Å². The third-order valence-electron chi connectivity index (χ3n) is 3.25. The first kappa shape index (κ1) is 12.3. The number of morpholine rings is 1. The topological polar surface area (TPSA) is 37.4 Å². The molecule has 1 aliphatic heterocycles. The zero-order valence-corrected chi connectivity index (χ0v) is 10.6. The van der Waals surface area contributed by atoms with E-state index < -0.39 is 0 Å². The number of hydrogen-bond acceptors (Lipinski definition) is 4. The summed E-state index contributed by atoms with van der Waals surface area (Å²) >= 11 is 0. The molecule has 1 aromatic rings. The van der Waals surface area contributed by atoms with Gasteiger partial charge in [-0.25, -0.2) is 4.98 Å². The molecule has 0 amide bonds. The largest absolute Gasteiger partial charge is 0.378 e. The molecule has 94 valence electrons. The van der Waals surface area contributed by atoms with E-state index in [4.69, 9.17) is 4.74 Å². The van der Waals surface area contributed by atoms with E-state index in [1.54, 1.807) is 0 Å². The quantitative estimate of drug-likeness (QED) is 0.862. The van der Waals surface area contributed by atoms with Gasteiger partial charge >= 0.3 is 0 Å². The van der Waals surface area contributed by atoms with Gasteiger partial charge in [-0.3, -0.25) is 4.90 Å². The van der Waals surface area contributed by atoms with Crippen LogP contribution >= 0.6 is 0 Å². The van der Waals surface area contributed by atoms with Crippen LogP contribution in [0.2, 0.25) is 0 Å². The summed E-state index contributed by atoms with van der Waals surface area (Å²) < 4.78 is 5.51. The number of nitrogens with one attached hydrogen (secondary N) is 1. The summed E-state index contributed by atoms with van der Waals surface area (Å²) in [5.74, 6) is 0.934. The van der Waals surface area contributed by atoms with Crippen LogP contribution in [0.3, 0.4) is 0 Å². The van der Waals surface area contributed by atoms with Gasteiger partial charge in [0.1, 0.15) is 5.82 Å². The molecule has 1 fully saturated rings. The molecule has 0 saturated carbocycles. The third-order valence-corrected chi connectivity index (χ3v) is 3.25. The lowest BCUT2D eigenvalue weighted by molar-refractivity contribution is -0.0132. The van der Waals surface area contributed by atoms with Gasteiger partial charge < -0.3 is 10.1 Å². The summed E-state index contributed by atoms with van der Waals surface area (Å²) in [6.07, 6.45) is 1.13. The Morgan fingerprint density at radius 3 is 3.18 bits per heavy atom. The highest BCUT2D eigenvalue weighted by Gasteiger charge is 2.21. The van der Waals surface area contributed by atoms with Gasteiger partial charge in [-0.15, -0.1) is 0 Å². The summed E-state index contributed by atoms with van der Waals surface area (Å²) in [6, 6.07) is 6.66. The van der Waals surface area contributed by atoms with Crippen LogP contribution in [0.15, 0.2) is 18.2 Å². The second-order valence-electron chi connectivity index (χ2n) is 4.37. The maximum atomic E-state index is 5.51. The SMILES string of the molecule is CCC1COCCN1Cc1cccc(NC)n1. The minimum Gasteiger partial charge on any atom is -0.378 e. The molecule has 0 radical (unpaired) electrons. The molecular formula is C13H21N3O. The van der Waals surface area contributed by atoms with Crippen molar-refractivity contribution in [1.82, 2.24) is 9.88 Å². The van der Waals surface area contributed by atoms with Crippen LogP contribution in [0.25, 0.3) is 0 Å².